The molecule has 6 heteroatoms. The number of hydrogen-bond acceptors (Lipinski definition) is 5. The summed E-state index contributed by atoms with van der Waals surface area (Å²) in [6.45, 7) is 0. The minimum atomic E-state index is -0.313. The molecule has 0 aliphatic heterocycles. The van der Waals surface area contributed by atoms with Gasteiger partial charge >= 0.3 is 0 Å². The van der Waals surface area contributed by atoms with Gasteiger partial charge in [-0.1, -0.05) is 19.3 Å². The van der Waals surface area contributed by atoms with Crippen LogP contribution >= 0.6 is 0 Å². The van der Waals surface area contributed by atoms with Gasteiger partial charge in [0, 0.05) is 17.8 Å². The second kappa shape index (κ2) is 7.91. The highest BCUT2D eigenvalue weighted by atomic mass is 16.3. The van der Waals surface area contributed by atoms with Gasteiger partial charge in [0.05, 0.1) is 11.3 Å². The summed E-state index contributed by atoms with van der Waals surface area (Å²) in [6, 6.07) is 8.78. The Kier molecular flexibility index (Phi) is 5.41. The fourth-order valence-corrected chi connectivity index (χ4v) is 3.09. The second-order valence-corrected chi connectivity index (χ2v) is 6.51. The van der Waals surface area contributed by atoms with Crippen molar-refractivity contribution in [3.63, 3.8) is 0 Å². The van der Waals surface area contributed by atoms with Crippen molar-refractivity contribution in [2.45, 2.75) is 38.1 Å². The summed E-state index contributed by atoms with van der Waals surface area (Å²) in [5, 5.41) is 32.2. The first-order chi connectivity index (χ1) is 12.5. The van der Waals surface area contributed by atoms with E-state index in [4.69, 9.17) is 0 Å². The van der Waals surface area contributed by atoms with Gasteiger partial charge in [0.1, 0.15) is 17.2 Å². The molecular formula is C20H22N2O4. The van der Waals surface area contributed by atoms with Crippen LogP contribution < -0.4 is 5.32 Å². The normalized spacial score (nSPS) is 15.2. The third-order valence-corrected chi connectivity index (χ3v) is 4.53. The van der Waals surface area contributed by atoms with Gasteiger partial charge in [-0.05, 0) is 49.2 Å². The van der Waals surface area contributed by atoms with Crippen LogP contribution in [-0.4, -0.2) is 33.5 Å². The largest absolute Gasteiger partial charge is 0.508 e. The van der Waals surface area contributed by atoms with E-state index in [2.05, 4.69) is 10.3 Å². The van der Waals surface area contributed by atoms with Crippen LogP contribution in [0.15, 0.2) is 41.4 Å². The molecule has 1 amide bonds. The van der Waals surface area contributed by atoms with Crippen molar-refractivity contribution in [1.29, 1.82) is 0 Å². The van der Waals surface area contributed by atoms with E-state index in [1.54, 1.807) is 6.07 Å². The first kappa shape index (κ1) is 17.8. The molecule has 2 aromatic carbocycles. The molecule has 0 radical (unpaired) electrons. The number of phenols is 3. The maximum atomic E-state index is 12.5. The molecule has 6 nitrogen and oxygen atoms in total. The highest BCUT2D eigenvalue weighted by molar-refractivity contribution is 5.98. The molecule has 2 aromatic rings. The van der Waals surface area contributed by atoms with Crippen molar-refractivity contribution >= 4 is 17.8 Å². The number of hydrogen-bond donors (Lipinski definition) is 4. The number of nitrogens with one attached hydrogen (secondary N) is 1. The highest BCUT2D eigenvalue weighted by Gasteiger charge is 2.18. The number of nitrogens with zero attached hydrogens (tertiary/aromatic N) is 1. The minimum absolute atomic E-state index is 0.0133. The van der Waals surface area contributed by atoms with E-state index in [1.165, 1.54) is 43.0 Å². The molecular weight excluding hydrogens is 332 g/mol. The summed E-state index contributed by atoms with van der Waals surface area (Å²) >= 11 is 0. The van der Waals surface area contributed by atoms with Crippen LogP contribution in [0.4, 0.5) is 5.69 Å². The monoisotopic (exact) mass is 354 g/mol. The quantitative estimate of drug-likeness (QED) is 0.497. The molecule has 0 heterocycles. The number of benzene rings is 2. The number of aromatic hydroxyl groups is 3. The Bertz CT molecular complexity index is 827. The molecule has 0 atom stereocenters. The Morgan fingerprint density at radius 2 is 1.73 bits per heavy atom. The van der Waals surface area contributed by atoms with Gasteiger partial charge in [0.2, 0.25) is 0 Å². The van der Waals surface area contributed by atoms with Gasteiger partial charge in [0.15, 0.2) is 0 Å². The van der Waals surface area contributed by atoms with Gasteiger partial charge in [-0.3, -0.25) is 9.79 Å². The summed E-state index contributed by atoms with van der Waals surface area (Å²) in [6.07, 6.45) is 6.72. The number of carbonyl (C=O) groups excluding carboxylic acids is 1. The molecule has 1 fully saturated rings. The molecule has 0 saturated heterocycles. The van der Waals surface area contributed by atoms with Crippen LogP contribution in [0.3, 0.4) is 0 Å². The Morgan fingerprint density at radius 1 is 1.00 bits per heavy atom. The van der Waals surface area contributed by atoms with Crippen molar-refractivity contribution in [2.75, 3.05) is 0 Å². The average molecular weight is 354 g/mol. The van der Waals surface area contributed by atoms with Crippen molar-refractivity contribution < 1.29 is 20.1 Å². The summed E-state index contributed by atoms with van der Waals surface area (Å²) in [7, 11) is 0. The molecule has 0 spiro atoms. The van der Waals surface area contributed by atoms with Crippen molar-refractivity contribution in [3.8, 4) is 17.2 Å². The number of aliphatic imine (C=N–C) groups is 1. The Hall–Kier alpha value is -3.02. The lowest BCUT2D eigenvalue weighted by atomic mass is 9.95. The lowest BCUT2D eigenvalue weighted by Crippen LogP contribution is -2.36. The summed E-state index contributed by atoms with van der Waals surface area (Å²) in [5.74, 6) is -0.410. The third kappa shape index (κ3) is 4.33. The minimum Gasteiger partial charge on any atom is -0.508 e. The van der Waals surface area contributed by atoms with E-state index < -0.39 is 0 Å². The molecule has 1 aliphatic rings. The number of phenolic OH excluding ortho intramolecular Hbond substituents is 3. The SMILES string of the molecule is O=C(NC1CCCCC1)c1cc(N=Cc2cc(O)ccc2O)ccc1O. The molecule has 0 bridgehead atoms. The second-order valence-electron chi connectivity index (χ2n) is 6.51. The van der Waals surface area contributed by atoms with Crippen LogP contribution in [0.25, 0.3) is 0 Å². The predicted molar refractivity (Wildman–Crippen MR) is 99.5 cm³/mol. The van der Waals surface area contributed by atoms with Crippen LogP contribution in [0, 0.1) is 0 Å². The van der Waals surface area contributed by atoms with Crippen LogP contribution in [-0.2, 0) is 0 Å². The van der Waals surface area contributed by atoms with Gasteiger partial charge < -0.3 is 20.6 Å². The fraction of sp³-hybridized carbons (Fsp3) is 0.300. The van der Waals surface area contributed by atoms with Gasteiger partial charge in [-0.15, -0.1) is 0 Å². The molecule has 4 N–H and O–H groups in total. The number of amides is 1. The fourth-order valence-electron chi connectivity index (χ4n) is 3.09. The maximum Gasteiger partial charge on any atom is 0.255 e. The van der Waals surface area contributed by atoms with Crippen molar-refractivity contribution in [1.82, 2.24) is 5.32 Å². The van der Waals surface area contributed by atoms with E-state index in [1.807, 2.05) is 0 Å². The maximum absolute atomic E-state index is 12.5. The zero-order chi connectivity index (χ0) is 18.5. The van der Waals surface area contributed by atoms with Crippen LogP contribution in [0.5, 0.6) is 17.2 Å². The van der Waals surface area contributed by atoms with Gasteiger partial charge in [-0.25, -0.2) is 0 Å². The summed E-state index contributed by atoms with van der Waals surface area (Å²) in [5.41, 5.74) is 0.982. The predicted octanol–water partition coefficient (Wildman–Crippen LogP) is 3.62. The standard InChI is InChI=1S/C20H22N2O4/c23-16-7-9-18(24)13(10-16)12-21-15-6-8-19(25)17(11-15)20(26)22-14-4-2-1-3-5-14/h6-12,14,23-25H,1-5H2,(H,22,26). The molecule has 1 saturated carbocycles. The van der Waals surface area contributed by atoms with Crippen molar-refractivity contribution in [2.24, 2.45) is 4.99 Å². The van der Waals surface area contributed by atoms with Gasteiger partial charge in [-0.2, -0.15) is 0 Å². The molecule has 26 heavy (non-hydrogen) atoms. The van der Waals surface area contributed by atoms with Gasteiger partial charge in [0.25, 0.3) is 5.91 Å². The lowest BCUT2D eigenvalue weighted by Gasteiger charge is -2.22. The van der Waals surface area contributed by atoms with Crippen molar-refractivity contribution in [3.05, 3.63) is 47.5 Å². The molecule has 3 rings (SSSR count). The Balaban J connectivity index is 1.77. The summed E-state index contributed by atoms with van der Waals surface area (Å²) in [4.78, 5) is 16.7. The molecule has 1 aliphatic carbocycles. The summed E-state index contributed by atoms with van der Waals surface area (Å²) < 4.78 is 0. The highest BCUT2D eigenvalue weighted by Crippen LogP contribution is 2.26. The first-order valence-corrected chi connectivity index (χ1v) is 8.73. The zero-order valence-corrected chi connectivity index (χ0v) is 14.4. The van der Waals surface area contributed by atoms with E-state index >= 15 is 0 Å². The third-order valence-electron chi connectivity index (χ3n) is 4.53. The van der Waals surface area contributed by atoms with E-state index in [-0.39, 0.29) is 34.8 Å². The molecule has 0 unspecified atom stereocenters. The number of carbonyl (C=O) groups is 1. The van der Waals surface area contributed by atoms with E-state index in [9.17, 15) is 20.1 Å². The smallest absolute Gasteiger partial charge is 0.255 e. The molecule has 0 aromatic heterocycles. The van der Waals surface area contributed by atoms with Crippen LogP contribution in [0.2, 0.25) is 0 Å². The van der Waals surface area contributed by atoms with E-state index in [0.717, 1.165) is 25.7 Å². The Labute approximate surface area is 151 Å². The number of rotatable bonds is 4. The van der Waals surface area contributed by atoms with E-state index in [0.29, 0.717) is 11.3 Å². The topological polar surface area (TPSA) is 102 Å². The van der Waals surface area contributed by atoms with Crippen LogP contribution in [0.1, 0.15) is 48.0 Å². The molecule has 136 valence electrons. The Morgan fingerprint density at radius 3 is 2.50 bits per heavy atom. The zero-order valence-electron chi connectivity index (χ0n) is 14.4. The first-order valence-electron chi connectivity index (χ1n) is 8.73. The average Bonchev–Trinajstić information content (AvgIpc) is 2.64. The lowest BCUT2D eigenvalue weighted by molar-refractivity contribution is 0.0925.